The lowest BCUT2D eigenvalue weighted by Crippen LogP contribution is -2.32. The van der Waals surface area contributed by atoms with E-state index in [4.69, 9.17) is 9.47 Å². The zero-order valence-corrected chi connectivity index (χ0v) is 29.5. The summed E-state index contributed by atoms with van der Waals surface area (Å²) in [5, 5.41) is 0.691. The zero-order chi connectivity index (χ0) is 35.8. The van der Waals surface area contributed by atoms with Gasteiger partial charge in [0.05, 0.1) is 47.7 Å². The molecule has 266 valence electrons. The number of amides is 1. The third-order valence-corrected chi connectivity index (χ3v) is 10.2. The number of fused-ring (bicyclic) bond motifs is 2. The van der Waals surface area contributed by atoms with Crippen molar-refractivity contribution in [3.05, 3.63) is 100 Å². The maximum atomic E-state index is 14.2. The fourth-order valence-electron chi connectivity index (χ4n) is 6.57. The molecule has 3 aromatic carbocycles. The number of aromatic nitrogens is 2. The van der Waals surface area contributed by atoms with Crippen molar-refractivity contribution in [1.82, 2.24) is 9.36 Å². The first-order valence-electron chi connectivity index (χ1n) is 16.9. The Balaban J connectivity index is 1.53. The van der Waals surface area contributed by atoms with E-state index in [0.717, 1.165) is 59.5 Å². The van der Waals surface area contributed by atoms with Gasteiger partial charge in [0.1, 0.15) is 15.6 Å². The SMILES string of the molecule is CC(C)(C)c1ccc2c(c1)c(=NC(=O)c1cc(C(F)(F)F)ccc1OCCCCS(C)(=O)=O)n(C[C@H]1CCCO1)n2C1C=Cc2ccccc21. The van der Waals surface area contributed by atoms with E-state index in [1.54, 1.807) is 0 Å². The Morgan fingerprint density at radius 2 is 1.78 bits per heavy atom. The minimum atomic E-state index is -4.71. The van der Waals surface area contributed by atoms with Crippen LogP contribution in [0.2, 0.25) is 0 Å². The molecule has 0 bridgehead atoms. The van der Waals surface area contributed by atoms with Crippen LogP contribution in [-0.2, 0) is 32.7 Å². The number of nitrogens with zero attached hydrogens (tertiary/aromatic N) is 3. The fourth-order valence-corrected chi connectivity index (χ4v) is 7.30. The van der Waals surface area contributed by atoms with Gasteiger partial charge in [0.2, 0.25) is 0 Å². The second-order valence-corrected chi connectivity index (χ2v) is 16.4. The van der Waals surface area contributed by atoms with Crippen molar-refractivity contribution in [3.8, 4) is 5.75 Å². The molecule has 1 aromatic heterocycles. The van der Waals surface area contributed by atoms with Crippen molar-refractivity contribution in [1.29, 1.82) is 0 Å². The fraction of sp³-hybridized carbons (Fsp3) is 0.421. The van der Waals surface area contributed by atoms with Crippen LogP contribution in [0.15, 0.2) is 71.7 Å². The first-order valence-corrected chi connectivity index (χ1v) is 18.9. The number of carbonyl (C=O) groups is 1. The highest BCUT2D eigenvalue weighted by atomic mass is 32.2. The summed E-state index contributed by atoms with van der Waals surface area (Å²) in [6.07, 6.45) is 2.80. The predicted octanol–water partition coefficient (Wildman–Crippen LogP) is 7.50. The minimum absolute atomic E-state index is 0.0157. The van der Waals surface area contributed by atoms with E-state index in [-0.39, 0.29) is 41.2 Å². The van der Waals surface area contributed by atoms with Gasteiger partial charge in [0.25, 0.3) is 5.91 Å². The molecule has 1 aliphatic heterocycles. The number of carbonyl (C=O) groups excluding carboxylic acids is 1. The normalized spacial score (nSPS) is 18.3. The molecule has 2 atom stereocenters. The number of alkyl halides is 3. The Bertz CT molecular complexity index is 2120. The molecule has 1 fully saturated rings. The Kier molecular flexibility index (Phi) is 9.89. The van der Waals surface area contributed by atoms with E-state index >= 15 is 0 Å². The molecule has 1 saturated heterocycles. The summed E-state index contributed by atoms with van der Waals surface area (Å²) in [7, 11) is -3.18. The molecule has 50 heavy (non-hydrogen) atoms. The summed E-state index contributed by atoms with van der Waals surface area (Å²) in [5.41, 5.74) is 2.73. The van der Waals surface area contributed by atoms with E-state index in [0.29, 0.717) is 36.9 Å². The number of hydrogen-bond acceptors (Lipinski definition) is 5. The molecule has 0 radical (unpaired) electrons. The van der Waals surface area contributed by atoms with E-state index in [1.807, 2.05) is 35.0 Å². The molecule has 4 aromatic rings. The van der Waals surface area contributed by atoms with Gasteiger partial charge in [-0.05, 0) is 78.1 Å². The standard InChI is InChI=1S/C38H42F3N3O5S/c1-37(2,3)26-14-17-33-30(22-26)35(43(24-28-11-9-20-48-28)44(33)32-16-13-25-10-5-6-12-29(25)32)42-36(45)31-23-27(38(39,40)41)15-18-34(31)49-19-7-8-21-50(4,46)47/h5-6,10,12-18,22-23,28,32H,7-9,11,19-21,24H2,1-4H3/t28-,32?/m1/s1. The molecule has 0 spiro atoms. The Labute approximate surface area is 290 Å². The van der Waals surface area contributed by atoms with Crippen molar-refractivity contribution in [2.24, 2.45) is 4.99 Å². The average Bonchev–Trinajstić information content (AvgIpc) is 3.78. The molecule has 1 amide bonds. The average molecular weight is 710 g/mol. The van der Waals surface area contributed by atoms with Crippen LogP contribution >= 0.6 is 0 Å². The quantitative estimate of drug-likeness (QED) is 0.159. The predicted molar refractivity (Wildman–Crippen MR) is 187 cm³/mol. The highest BCUT2D eigenvalue weighted by Crippen LogP contribution is 2.36. The largest absolute Gasteiger partial charge is 0.493 e. The summed E-state index contributed by atoms with van der Waals surface area (Å²) >= 11 is 0. The molecule has 1 unspecified atom stereocenters. The number of sulfone groups is 1. The lowest BCUT2D eigenvalue weighted by molar-refractivity contribution is -0.137. The highest BCUT2D eigenvalue weighted by molar-refractivity contribution is 7.90. The van der Waals surface area contributed by atoms with Gasteiger partial charge in [-0.2, -0.15) is 18.2 Å². The van der Waals surface area contributed by atoms with E-state index in [2.05, 4.69) is 54.7 Å². The molecule has 12 heteroatoms. The Hall–Kier alpha value is -4.16. The van der Waals surface area contributed by atoms with E-state index in [1.165, 1.54) is 0 Å². The highest BCUT2D eigenvalue weighted by Gasteiger charge is 2.33. The van der Waals surface area contributed by atoms with E-state index in [9.17, 15) is 26.4 Å². The summed E-state index contributed by atoms with van der Waals surface area (Å²) < 4.78 is 80.8. The third-order valence-electron chi connectivity index (χ3n) is 9.20. The van der Waals surface area contributed by atoms with E-state index < -0.39 is 27.5 Å². The molecule has 0 saturated carbocycles. The maximum Gasteiger partial charge on any atom is 0.416 e. The van der Waals surface area contributed by atoms with Gasteiger partial charge in [-0.15, -0.1) is 0 Å². The molecule has 2 heterocycles. The number of allylic oxidation sites excluding steroid dienone is 1. The lowest BCUT2D eigenvalue weighted by atomic mass is 9.86. The molecule has 1 aliphatic carbocycles. The topological polar surface area (TPSA) is 91.9 Å². The number of ether oxygens (including phenoxy) is 2. The van der Waals surface area contributed by atoms with Gasteiger partial charge in [-0.1, -0.05) is 63.3 Å². The first kappa shape index (κ1) is 35.7. The minimum Gasteiger partial charge on any atom is -0.493 e. The van der Waals surface area contributed by atoms with Crippen LogP contribution in [0, 0.1) is 0 Å². The lowest BCUT2D eigenvalue weighted by Gasteiger charge is -2.22. The van der Waals surface area contributed by atoms with Crippen LogP contribution in [0.1, 0.15) is 85.1 Å². The van der Waals surface area contributed by atoms with Gasteiger partial charge < -0.3 is 9.47 Å². The number of rotatable bonds is 10. The first-order chi connectivity index (χ1) is 23.6. The number of unbranched alkanes of at least 4 members (excludes halogenated alkanes) is 1. The molecule has 2 aliphatic rings. The number of halogens is 3. The molecule has 8 nitrogen and oxygen atoms in total. The summed E-state index contributed by atoms with van der Waals surface area (Å²) in [4.78, 5) is 18.8. The van der Waals surface area contributed by atoms with Crippen molar-refractivity contribution in [2.45, 2.75) is 76.7 Å². The van der Waals surface area contributed by atoms with Gasteiger partial charge in [-0.3, -0.25) is 14.2 Å². The zero-order valence-electron chi connectivity index (χ0n) is 28.7. The van der Waals surface area contributed by atoms with Gasteiger partial charge in [0.15, 0.2) is 5.49 Å². The van der Waals surface area contributed by atoms with Crippen molar-refractivity contribution >= 4 is 32.7 Å². The molecular formula is C38H42F3N3O5S. The van der Waals surface area contributed by atoms with Crippen LogP contribution in [0.4, 0.5) is 13.2 Å². The van der Waals surface area contributed by atoms with Gasteiger partial charge >= 0.3 is 6.18 Å². The van der Waals surface area contributed by atoms with Crippen LogP contribution in [-0.4, -0.2) is 55.0 Å². The van der Waals surface area contributed by atoms with Crippen molar-refractivity contribution in [3.63, 3.8) is 0 Å². The second kappa shape index (κ2) is 13.9. The molecular weight excluding hydrogens is 667 g/mol. The Morgan fingerprint density at radius 1 is 1.02 bits per heavy atom. The maximum absolute atomic E-state index is 14.2. The summed E-state index contributed by atoms with van der Waals surface area (Å²) in [6.45, 7) is 7.28. The monoisotopic (exact) mass is 709 g/mol. The number of benzene rings is 3. The molecule has 6 rings (SSSR count). The summed E-state index contributed by atoms with van der Waals surface area (Å²) in [5.74, 6) is -0.981. The molecule has 0 N–H and O–H groups in total. The van der Waals surface area contributed by atoms with Crippen molar-refractivity contribution < 1.29 is 35.9 Å². The van der Waals surface area contributed by atoms with Crippen LogP contribution in [0.5, 0.6) is 5.75 Å². The van der Waals surface area contributed by atoms with Gasteiger partial charge in [-0.25, -0.2) is 8.42 Å². The Morgan fingerprint density at radius 3 is 2.48 bits per heavy atom. The third kappa shape index (κ3) is 7.76. The number of hydrogen-bond donors (Lipinski definition) is 0. The van der Waals surface area contributed by atoms with Crippen LogP contribution in [0.25, 0.3) is 17.0 Å². The second-order valence-electron chi connectivity index (χ2n) is 14.1. The summed E-state index contributed by atoms with van der Waals surface area (Å²) in [6, 6.07) is 16.7. The smallest absolute Gasteiger partial charge is 0.416 e. The van der Waals surface area contributed by atoms with Crippen LogP contribution < -0.4 is 10.2 Å². The van der Waals surface area contributed by atoms with Crippen LogP contribution in [0.3, 0.4) is 0 Å². The van der Waals surface area contributed by atoms with Gasteiger partial charge in [0, 0.05) is 18.2 Å². The van der Waals surface area contributed by atoms with Crippen molar-refractivity contribution in [2.75, 3.05) is 25.2 Å².